The summed E-state index contributed by atoms with van der Waals surface area (Å²) in [4.78, 5) is 0.0669. The highest BCUT2D eigenvalue weighted by molar-refractivity contribution is 14.1. The maximum atomic E-state index is 10.7. The highest BCUT2D eigenvalue weighted by Gasteiger charge is 2.08. The molecule has 66 valence electrons. The molecule has 0 saturated heterocycles. The van der Waals surface area contributed by atoms with Crippen molar-refractivity contribution >= 4 is 51.0 Å². The third-order valence-corrected chi connectivity index (χ3v) is 3.96. The largest absolute Gasteiger partial charge is 0.768 e. The standard InChI is InChI=1S/C6H5ClINO2S/c7-3-1-2-4(9)5(8)6(3)12(10)11/h1-2H,9H2,(H,10,11)/p-1. The van der Waals surface area contributed by atoms with Gasteiger partial charge in [-0.15, -0.1) is 0 Å². The van der Waals surface area contributed by atoms with Crippen LogP contribution in [-0.2, 0) is 11.1 Å². The van der Waals surface area contributed by atoms with E-state index < -0.39 is 11.1 Å². The number of nitrogens with two attached hydrogens (primary N) is 1. The van der Waals surface area contributed by atoms with Crippen molar-refractivity contribution in [2.45, 2.75) is 4.90 Å². The zero-order chi connectivity index (χ0) is 9.30. The predicted octanol–water partition coefficient (Wildman–Crippen LogP) is 1.76. The molecule has 2 N–H and O–H groups in total. The fourth-order valence-electron chi connectivity index (χ4n) is 0.701. The van der Waals surface area contributed by atoms with Gasteiger partial charge in [0.15, 0.2) is 0 Å². The van der Waals surface area contributed by atoms with E-state index in [2.05, 4.69) is 0 Å². The number of anilines is 1. The van der Waals surface area contributed by atoms with E-state index in [1.807, 2.05) is 22.6 Å². The molecule has 6 heteroatoms. The molecule has 0 aliphatic heterocycles. The third kappa shape index (κ3) is 1.90. The molecule has 12 heavy (non-hydrogen) atoms. The molecule has 0 fully saturated rings. The summed E-state index contributed by atoms with van der Waals surface area (Å²) < 4.78 is 21.8. The molecule has 0 heterocycles. The summed E-state index contributed by atoms with van der Waals surface area (Å²) in [6, 6.07) is 3.03. The van der Waals surface area contributed by atoms with Gasteiger partial charge >= 0.3 is 0 Å². The first kappa shape index (κ1) is 10.2. The fraction of sp³-hybridized carbons (Fsp3) is 0. The molecule has 1 atom stereocenters. The van der Waals surface area contributed by atoms with Gasteiger partial charge in [0.25, 0.3) is 0 Å². The van der Waals surface area contributed by atoms with Crippen LogP contribution in [0.15, 0.2) is 17.0 Å². The van der Waals surface area contributed by atoms with Crippen molar-refractivity contribution in [3.05, 3.63) is 20.7 Å². The van der Waals surface area contributed by atoms with Gasteiger partial charge in [-0.1, -0.05) is 11.6 Å². The summed E-state index contributed by atoms with van der Waals surface area (Å²) in [6.07, 6.45) is 0. The van der Waals surface area contributed by atoms with Gasteiger partial charge in [-0.05, 0) is 45.8 Å². The lowest BCUT2D eigenvalue weighted by Gasteiger charge is -2.11. The monoisotopic (exact) mass is 316 g/mol. The van der Waals surface area contributed by atoms with Crippen molar-refractivity contribution in [2.75, 3.05) is 5.73 Å². The number of hydrogen-bond acceptors (Lipinski definition) is 3. The zero-order valence-electron chi connectivity index (χ0n) is 5.71. The van der Waals surface area contributed by atoms with E-state index in [9.17, 15) is 8.76 Å². The Morgan fingerprint density at radius 3 is 2.58 bits per heavy atom. The fourth-order valence-corrected chi connectivity index (χ4v) is 2.71. The SMILES string of the molecule is Nc1ccc(Cl)c(S(=O)[O-])c1I. The van der Waals surface area contributed by atoms with Crippen molar-refractivity contribution in [2.24, 2.45) is 0 Å². The zero-order valence-corrected chi connectivity index (χ0v) is 9.44. The summed E-state index contributed by atoms with van der Waals surface area (Å²) in [5, 5.41) is 0.196. The average Bonchev–Trinajstić information content (AvgIpc) is 1.97. The van der Waals surface area contributed by atoms with E-state index in [4.69, 9.17) is 17.3 Å². The summed E-state index contributed by atoms with van der Waals surface area (Å²) >= 11 is 5.15. The van der Waals surface area contributed by atoms with E-state index in [0.29, 0.717) is 9.26 Å². The van der Waals surface area contributed by atoms with E-state index in [-0.39, 0.29) is 9.92 Å². The van der Waals surface area contributed by atoms with Gasteiger partial charge in [0, 0.05) is 5.69 Å². The molecule has 0 spiro atoms. The molecule has 1 aromatic carbocycles. The Kier molecular flexibility index (Phi) is 3.33. The topological polar surface area (TPSA) is 66.2 Å². The molecule has 0 aromatic heterocycles. The summed E-state index contributed by atoms with van der Waals surface area (Å²) in [5.41, 5.74) is 5.90. The molecule has 0 bridgehead atoms. The Hall–Kier alpha value is 0.150. The van der Waals surface area contributed by atoms with E-state index >= 15 is 0 Å². The minimum absolute atomic E-state index is 0.0669. The number of benzene rings is 1. The number of hydrogen-bond donors (Lipinski definition) is 1. The Morgan fingerprint density at radius 2 is 2.17 bits per heavy atom. The van der Waals surface area contributed by atoms with Gasteiger partial charge in [-0.3, -0.25) is 4.21 Å². The van der Waals surface area contributed by atoms with E-state index in [1.54, 1.807) is 6.07 Å². The van der Waals surface area contributed by atoms with Crippen LogP contribution in [0.3, 0.4) is 0 Å². The molecule has 0 saturated carbocycles. The van der Waals surface area contributed by atoms with Gasteiger partial charge in [-0.25, -0.2) is 0 Å². The second kappa shape index (κ2) is 3.91. The van der Waals surface area contributed by atoms with Crippen LogP contribution >= 0.6 is 34.2 Å². The molecular weight excluding hydrogens is 312 g/mol. The van der Waals surface area contributed by atoms with Gasteiger partial charge in [0.2, 0.25) is 0 Å². The minimum Gasteiger partial charge on any atom is -0.768 e. The summed E-state index contributed by atoms with van der Waals surface area (Å²) in [6.45, 7) is 0. The molecule has 0 aliphatic carbocycles. The Balaban J connectivity index is 3.43. The quantitative estimate of drug-likeness (QED) is 0.488. The van der Waals surface area contributed by atoms with Crippen LogP contribution in [0.4, 0.5) is 5.69 Å². The first-order valence-corrected chi connectivity index (χ1v) is 5.40. The van der Waals surface area contributed by atoms with Crippen molar-refractivity contribution < 1.29 is 8.76 Å². The van der Waals surface area contributed by atoms with E-state index in [1.165, 1.54) is 6.07 Å². The molecular formula is C6H4ClINO2S-. The highest BCUT2D eigenvalue weighted by Crippen LogP contribution is 2.28. The molecule has 1 unspecified atom stereocenters. The normalized spacial score (nSPS) is 12.9. The van der Waals surface area contributed by atoms with Crippen molar-refractivity contribution in [3.8, 4) is 0 Å². The van der Waals surface area contributed by atoms with Crippen molar-refractivity contribution in [3.63, 3.8) is 0 Å². The number of rotatable bonds is 1. The maximum absolute atomic E-state index is 10.7. The molecule has 3 nitrogen and oxygen atoms in total. The Labute approximate surface area is 90.7 Å². The Bertz CT molecular complexity index is 345. The molecule has 0 radical (unpaired) electrons. The first-order valence-electron chi connectivity index (χ1n) is 2.86. The summed E-state index contributed by atoms with van der Waals surface area (Å²) in [5.74, 6) is 0. The van der Waals surface area contributed by atoms with Crippen molar-refractivity contribution in [1.82, 2.24) is 0 Å². The van der Waals surface area contributed by atoms with Gasteiger partial charge in [0.1, 0.15) is 0 Å². The smallest absolute Gasteiger partial charge is 0.0589 e. The van der Waals surface area contributed by atoms with Crippen LogP contribution in [-0.4, -0.2) is 8.76 Å². The van der Waals surface area contributed by atoms with Gasteiger partial charge < -0.3 is 10.3 Å². The van der Waals surface area contributed by atoms with Crippen LogP contribution < -0.4 is 5.73 Å². The predicted molar refractivity (Wildman–Crippen MR) is 55.8 cm³/mol. The minimum atomic E-state index is -2.33. The van der Waals surface area contributed by atoms with E-state index in [0.717, 1.165) is 0 Å². The third-order valence-electron chi connectivity index (χ3n) is 1.25. The Morgan fingerprint density at radius 1 is 1.58 bits per heavy atom. The van der Waals surface area contributed by atoms with Crippen LogP contribution in [0, 0.1) is 3.57 Å². The second-order valence-corrected chi connectivity index (χ2v) is 4.38. The van der Waals surface area contributed by atoms with Crippen LogP contribution in [0.2, 0.25) is 5.02 Å². The average molecular weight is 317 g/mol. The van der Waals surface area contributed by atoms with Gasteiger partial charge in [0.05, 0.1) is 13.5 Å². The van der Waals surface area contributed by atoms with Crippen LogP contribution in [0.1, 0.15) is 0 Å². The molecule has 1 aromatic rings. The lowest BCUT2D eigenvalue weighted by Crippen LogP contribution is -1.98. The van der Waals surface area contributed by atoms with Crippen LogP contribution in [0.5, 0.6) is 0 Å². The molecule has 1 rings (SSSR count). The maximum Gasteiger partial charge on any atom is 0.0589 e. The lowest BCUT2D eigenvalue weighted by molar-refractivity contribution is 0.536. The van der Waals surface area contributed by atoms with Gasteiger partial charge in [-0.2, -0.15) is 0 Å². The lowest BCUT2D eigenvalue weighted by atomic mass is 10.3. The number of halogens is 2. The number of nitrogen functional groups attached to an aromatic ring is 1. The first-order chi connectivity index (χ1) is 5.54. The summed E-state index contributed by atoms with van der Waals surface area (Å²) in [7, 11) is 0. The molecule has 0 amide bonds. The second-order valence-electron chi connectivity index (χ2n) is 2.01. The highest BCUT2D eigenvalue weighted by atomic mass is 127. The van der Waals surface area contributed by atoms with Crippen LogP contribution in [0.25, 0.3) is 0 Å². The molecule has 0 aliphatic rings. The van der Waals surface area contributed by atoms with Crippen molar-refractivity contribution in [1.29, 1.82) is 0 Å².